The first-order valence-corrected chi connectivity index (χ1v) is 13.8. The fraction of sp³-hybridized carbons (Fsp3) is 0.207. The average Bonchev–Trinajstić information content (AvgIpc) is 3.55. The quantitative estimate of drug-likeness (QED) is 0.260. The Kier molecular flexibility index (Phi) is 8.03. The van der Waals surface area contributed by atoms with Gasteiger partial charge in [0, 0.05) is 11.3 Å². The van der Waals surface area contributed by atoms with Gasteiger partial charge >= 0.3 is 12.4 Å². The molecule has 1 N–H and O–H groups in total. The number of thioether (sulfide) groups is 1. The van der Waals surface area contributed by atoms with Gasteiger partial charge < -0.3 is 10.1 Å². The lowest BCUT2D eigenvalue weighted by Crippen LogP contribution is -2.31. The predicted octanol–water partition coefficient (Wildman–Crippen LogP) is 6.93. The summed E-state index contributed by atoms with van der Waals surface area (Å²) in [4.78, 5) is 35.5. The van der Waals surface area contributed by atoms with Crippen molar-refractivity contribution in [3.8, 4) is 22.8 Å². The fourth-order valence-electron chi connectivity index (χ4n) is 4.28. The molecule has 1 aliphatic rings. The molecular weight excluding hydrogens is 569 g/mol. The molecule has 0 saturated carbocycles. The number of aryl methyl sites for hydroxylation is 1. The highest BCUT2D eigenvalue weighted by molar-refractivity contribution is 8.15. The van der Waals surface area contributed by atoms with Crippen LogP contribution in [0.2, 0.25) is 0 Å². The summed E-state index contributed by atoms with van der Waals surface area (Å²) < 4.78 is 42.5. The highest BCUT2D eigenvalue weighted by Crippen LogP contribution is 2.34. The Morgan fingerprint density at radius 2 is 1.79 bits per heavy atom. The van der Waals surface area contributed by atoms with Gasteiger partial charge in [-0.3, -0.25) is 9.69 Å². The maximum absolute atomic E-state index is 12.8. The zero-order chi connectivity index (χ0) is 30.0. The Morgan fingerprint density at radius 3 is 2.45 bits per heavy atom. The van der Waals surface area contributed by atoms with E-state index in [4.69, 9.17) is 0 Å². The number of benzene rings is 3. The van der Waals surface area contributed by atoms with E-state index in [1.807, 2.05) is 39.0 Å². The third kappa shape index (κ3) is 6.62. The van der Waals surface area contributed by atoms with Gasteiger partial charge in [0.15, 0.2) is 11.0 Å². The van der Waals surface area contributed by atoms with Crippen LogP contribution >= 0.6 is 11.8 Å². The van der Waals surface area contributed by atoms with Crippen molar-refractivity contribution >= 4 is 40.2 Å². The summed E-state index contributed by atoms with van der Waals surface area (Å²) in [7, 11) is 0. The van der Waals surface area contributed by atoms with Crippen molar-refractivity contribution in [1.29, 1.82) is 0 Å². The van der Waals surface area contributed by atoms with E-state index in [0.29, 0.717) is 27.9 Å². The second-order valence-electron chi connectivity index (χ2n) is 9.69. The van der Waals surface area contributed by atoms with E-state index in [2.05, 4.69) is 25.1 Å². The Balaban J connectivity index is 1.27. The predicted molar refractivity (Wildman–Crippen MR) is 155 cm³/mol. The van der Waals surface area contributed by atoms with Crippen LogP contribution in [-0.4, -0.2) is 44.0 Å². The molecule has 13 heteroatoms. The zero-order valence-corrected chi connectivity index (χ0v) is 23.5. The summed E-state index contributed by atoms with van der Waals surface area (Å²) in [5.74, 6) is 0.264. The number of urea groups is 1. The first-order chi connectivity index (χ1) is 20.0. The summed E-state index contributed by atoms with van der Waals surface area (Å²) in [5.41, 5.74) is 4.34. The molecular formula is C29H25F3N6O3S. The zero-order valence-electron chi connectivity index (χ0n) is 22.7. The molecule has 0 bridgehead atoms. The van der Waals surface area contributed by atoms with Crippen molar-refractivity contribution in [3.63, 3.8) is 0 Å². The van der Waals surface area contributed by atoms with Gasteiger partial charge in [-0.2, -0.15) is 4.99 Å². The molecule has 0 atom stereocenters. The third-order valence-corrected chi connectivity index (χ3v) is 7.16. The number of aromatic nitrogens is 3. The molecule has 0 aliphatic carbocycles. The molecule has 42 heavy (non-hydrogen) atoms. The fourth-order valence-corrected chi connectivity index (χ4v) is 5.14. The van der Waals surface area contributed by atoms with Crippen LogP contribution in [0.15, 0.2) is 78.0 Å². The Labute approximate surface area is 243 Å². The first-order valence-electron chi connectivity index (χ1n) is 12.8. The van der Waals surface area contributed by atoms with E-state index >= 15 is 0 Å². The molecule has 5 rings (SSSR count). The molecule has 0 spiro atoms. The minimum Gasteiger partial charge on any atom is -0.406 e. The lowest BCUT2D eigenvalue weighted by atomic mass is 9.99. The van der Waals surface area contributed by atoms with E-state index in [0.717, 1.165) is 16.8 Å². The lowest BCUT2D eigenvalue weighted by molar-refractivity contribution is -0.274. The molecule has 0 radical (unpaired) electrons. The number of carbonyl (C=O) groups is 2. The monoisotopic (exact) mass is 594 g/mol. The molecule has 3 aromatic carbocycles. The number of nitrogens with one attached hydrogen (secondary N) is 1. The van der Waals surface area contributed by atoms with Gasteiger partial charge in [0.1, 0.15) is 12.1 Å². The Hall–Kier alpha value is -4.65. The molecule has 4 aromatic rings. The van der Waals surface area contributed by atoms with Crippen molar-refractivity contribution in [2.45, 2.75) is 33.1 Å². The maximum Gasteiger partial charge on any atom is 0.573 e. The van der Waals surface area contributed by atoms with Crippen LogP contribution in [0.3, 0.4) is 0 Å². The number of aliphatic imine (C=N–C) groups is 1. The van der Waals surface area contributed by atoms with Gasteiger partial charge in [0.2, 0.25) is 5.91 Å². The second kappa shape index (κ2) is 11.7. The highest BCUT2D eigenvalue weighted by atomic mass is 32.2. The summed E-state index contributed by atoms with van der Waals surface area (Å²) in [6.07, 6.45) is -3.33. The lowest BCUT2D eigenvalue weighted by Gasteiger charge is -2.22. The number of alkyl halides is 3. The topological polar surface area (TPSA) is 102 Å². The number of hydrogen-bond acceptors (Lipinski definition) is 6. The van der Waals surface area contributed by atoms with Gasteiger partial charge in [0.25, 0.3) is 0 Å². The minimum absolute atomic E-state index is 0.138. The Bertz CT molecular complexity index is 1650. The van der Waals surface area contributed by atoms with Crippen LogP contribution in [0.5, 0.6) is 5.75 Å². The summed E-state index contributed by atoms with van der Waals surface area (Å²) >= 11 is 1.21. The number of ether oxygens (including phenoxy) is 1. The summed E-state index contributed by atoms with van der Waals surface area (Å²) in [6.45, 7) is 6.04. The van der Waals surface area contributed by atoms with Crippen molar-refractivity contribution in [2.24, 2.45) is 4.99 Å². The van der Waals surface area contributed by atoms with Crippen LogP contribution in [-0.2, 0) is 4.79 Å². The summed E-state index contributed by atoms with van der Waals surface area (Å²) in [6, 6.07) is 17.3. The van der Waals surface area contributed by atoms with Crippen LogP contribution in [0.25, 0.3) is 17.1 Å². The van der Waals surface area contributed by atoms with Crippen molar-refractivity contribution < 1.29 is 27.5 Å². The highest BCUT2D eigenvalue weighted by Gasteiger charge is 2.33. The normalized spacial score (nSPS) is 14.6. The number of anilines is 2. The number of hydrogen-bond donors (Lipinski definition) is 1. The van der Waals surface area contributed by atoms with Crippen LogP contribution < -0.4 is 15.0 Å². The number of halogens is 3. The van der Waals surface area contributed by atoms with Crippen molar-refractivity contribution in [1.82, 2.24) is 14.8 Å². The maximum atomic E-state index is 12.8. The van der Waals surface area contributed by atoms with E-state index in [1.165, 1.54) is 51.9 Å². The number of amides is 3. The first kappa shape index (κ1) is 28.9. The summed E-state index contributed by atoms with van der Waals surface area (Å²) in [5, 5.41) is 7.41. The SMILES string of the molecule is Cc1ccc(C(C)C)c(N2C(=O)CSC2=NC(=O)Nc2ccc(-c3ncn(-c4ccc(OC(F)(F)F)cc4)n3)cc2)c1. The van der Waals surface area contributed by atoms with Crippen molar-refractivity contribution in [2.75, 3.05) is 16.0 Å². The standard InChI is InChI=1S/C29H25F3N6O3S/c1-17(2)23-13-4-18(3)14-24(23)38-25(39)15-42-28(38)35-27(40)34-20-7-5-19(6-8-20)26-33-16-37(36-26)21-9-11-22(12-10-21)41-29(30,31)32/h4-14,16-17H,15H2,1-3H3,(H,34,40). The molecule has 1 aliphatic heterocycles. The van der Waals surface area contributed by atoms with Crippen LogP contribution in [0.1, 0.15) is 30.9 Å². The average molecular weight is 595 g/mol. The molecule has 1 aromatic heterocycles. The van der Waals surface area contributed by atoms with Gasteiger partial charge in [-0.1, -0.05) is 37.7 Å². The number of amidine groups is 1. The van der Waals surface area contributed by atoms with Gasteiger partial charge in [-0.15, -0.1) is 18.3 Å². The smallest absolute Gasteiger partial charge is 0.406 e. The number of carbonyl (C=O) groups excluding carboxylic acids is 2. The largest absolute Gasteiger partial charge is 0.573 e. The number of rotatable bonds is 6. The van der Waals surface area contributed by atoms with Gasteiger partial charge in [0.05, 0.1) is 17.1 Å². The Morgan fingerprint density at radius 1 is 1.07 bits per heavy atom. The van der Waals surface area contributed by atoms with Gasteiger partial charge in [-0.05, 0) is 78.6 Å². The van der Waals surface area contributed by atoms with Crippen LogP contribution in [0.4, 0.5) is 29.3 Å². The van der Waals surface area contributed by atoms with E-state index in [-0.39, 0.29) is 23.3 Å². The van der Waals surface area contributed by atoms with E-state index in [1.54, 1.807) is 24.3 Å². The third-order valence-electron chi connectivity index (χ3n) is 6.23. The van der Waals surface area contributed by atoms with Gasteiger partial charge in [-0.25, -0.2) is 14.5 Å². The molecule has 3 amide bonds. The molecule has 0 unspecified atom stereocenters. The van der Waals surface area contributed by atoms with Crippen LogP contribution in [0, 0.1) is 6.92 Å². The molecule has 1 fully saturated rings. The molecule has 2 heterocycles. The minimum atomic E-state index is -4.77. The number of nitrogens with zero attached hydrogens (tertiary/aromatic N) is 5. The van der Waals surface area contributed by atoms with E-state index in [9.17, 15) is 22.8 Å². The molecule has 216 valence electrons. The van der Waals surface area contributed by atoms with Crippen molar-refractivity contribution in [3.05, 3.63) is 84.2 Å². The van der Waals surface area contributed by atoms with E-state index < -0.39 is 12.4 Å². The molecule has 9 nitrogen and oxygen atoms in total. The molecule has 1 saturated heterocycles. The second-order valence-corrected chi connectivity index (χ2v) is 10.6.